The molecule has 5 nitrogen and oxygen atoms in total. The molecule has 0 atom stereocenters. The molecule has 2 heterocycles. The normalized spacial score (nSPS) is 11.2. The second-order valence-electron chi connectivity index (χ2n) is 6.67. The van der Waals surface area contributed by atoms with Crippen molar-refractivity contribution in [2.75, 3.05) is 5.32 Å². The van der Waals surface area contributed by atoms with Crippen LogP contribution in [0.1, 0.15) is 16.1 Å². The molecule has 2 aromatic heterocycles. The Hall–Kier alpha value is -3.86. The zero-order valence-corrected chi connectivity index (χ0v) is 15.1. The Balaban J connectivity index is 1.42. The molecule has 5 heteroatoms. The van der Waals surface area contributed by atoms with Crippen LogP contribution < -0.4 is 5.32 Å². The van der Waals surface area contributed by atoms with Crippen LogP contribution in [0.2, 0.25) is 0 Å². The van der Waals surface area contributed by atoms with Crippen LogP contribution in [0.4, 0.5) is 5.69 Å². The lowest BCUT2D eigenvalue weighted by Crippen LogP contribution is -2.10. The Morgan fingerprint density at radius 3 is 2.54 bits per heavy atom. The maximum atomic E-state index is 12.5. The number of aryl methyl sites for hydroxylation is 1. The van der Waals surface area contributed by atoms with Crippen molar-refractivity contribution in [1.82, 2.24) is 4.98 Å². The Morgan fingerprint density at radius 1 is 0.893 bits per heavy atom. The monoisotopic (exact) mass is 368 g/mol. The number of rotatable bonds is 3. The van der Waals surface area contributed by atoms with Crippen molar-refractivity contribution < 1.29 is 13.6 Å². The van der Waals surface area contributed by atoms with Crippen LogP contribution in [-0.2, 0) is 0 Å². The first-order chi connectivity index (χ1) is 13.7. The molecule has 136 valence electrons. The smallest absolute Gasteiger partial charge is 0.291 e. The van der Waals surface area contributed by atoms with Gasteiger partial charge in [0.15, 0.2) is 11.3 Å². The lowest BCUT2D eigenvalue weighted by molar-refractivity contribution is 0.0998. The largest absolute Gasteiger partial charge is 0.451 e. The van der Waals surface area contributed by atoms with Gasteiger partial charge in [0.25, 0.3) is 5.91 Å². The number of hydrogen-bond acceptors (Lipinski definition) is 4. The van der Waals surface area contributed by atoms with E-state index in [2.05, 4.69) is 10.3 Å². The van der Waals surface area contributed by atoms with Gasteiger partial charge in [0.2, 0.25) is 5.89 Å². The maximum absolute atomic E-state index is 12.5. The third-order valence-electron chi connectivity index (χ3n) is 4.59. The fourth-order valence-electron chi connectivity index (χ4n) is 3.11. The zero-order valence-electron chi connectivity index (χ0n) is 15.1. The minimum Gasteiger partial charge on any atom is -0.451 e. The second-order valence-corrected chi connectivity index (χ2v) is 6.67. The number of furan rings is 1. The van der Waals surface area contributed by atoms with Gasteiger partial charge in [0.05, 0.1) is 0 Å². The summed E-state index contributed by atoms with van der Waals surface area (Å²) in [4.78, 5) is 17.0. The van der Waals surface area contributed by atoms with Gasteiger partial charge in [-0.05, 0) is 43.3 Å². The number of benzene rings is 3. The Labute approximate surface area is 160 Å². The van der Waals surface area contributed by atoms with Gasteiger partial charge in [-0.1, -0.05) is 35.9 Å². The van der Waals surface area contributed by atoms with E-state index in [1.807, 2.05) is 61.5 Å². The van der Waals surface area contributed by atoms with E-state index in [1.54, 1.807) is 18.2 Å². The minimum absolute atomic E-state index is 0.263. The van der Waals surface area contributed by atoms with Gasteiger partial charge >= 0.3 is 0 Å². The maximum Gasteiger partial charge on any atom is 0.291 e. The highest BCUT2D eigenvalue weighted by molar-refractivity contribution is 6.05. The summed E-state index contributed by atoms with van der Waals surface area (Å²) in [7, 11) is 0. The minimum atomic E-state index is -0.311. The van der Waals surface area contributed by atoms with Gasteiger partial charge in [-0.25, -0.2) is 4.98 Å². The van der Waals surface area contributed by atoms with Crippen LogP contribution in [0.5, 0.6) is 0 Å². The molecular formula is C23H16N2O3. The van der Waals surface area contributed by atoms with Crippen LogP contribution in [-0.4, -0.2) is 10.9 Å². The zero-order chi connectivity index (χ0) is 19.1. The van der Waals surface area contributed by atoms with E-state index in [0.717, 1.165) is 16.5 Å². The molecule has 0 saturated heterocycles. The number of fused-ring (bicyclic) bond motifs is 2. The number of carbonyl (C=O) groups is 1. The molecule has 0 fully saturated rings. The number of oxazole rings is 1. The van der Waals surface area contributed by atoms with E-state index in [-0.39, 0.29) is 11.7 Å². The van der Waals surface area contributed by atoms with Gasteiger partial charge in [-0.3, -0.25) is 4.79 Å². The average Bonchev–Trinajstić information content (AvgIpc) is 3.32. The summed E-state index contributed by atoms with van der Waals surface area (Å²) in [6.45, 7) is 2.03. The average molecular weight is 368 g/mol. The molecule has 0 spiro atoms. The van der Waals surface area contributed by atoms with Gasteiger partial charge < -0.3 is 14.2 Å². The molecule has 1 N–H and O–H groups in total. The number of nitrogens with one attached hydrogen (secondary N) is 1. The summed E-state index contributed by atoms with van der Waals surface area (Å²) in [5.41, 5.74) is 4.73. The number of para-hydroxylation sites is 1. The molecule has 0 aliphatic rings. The molecule has 0 unspecified atom stereocenters. The van der Waals surface area contributed by atoms with Crippen molar-refractivity contribution in [3.05, 3.63) is 84.1 Å². The predicted molar refractivity (Wildman–Crippen MR) is 108 cm³/mol. The summed E-state index contributed by atoms with van der Waals surface area (Å²) < 4.78 is 11.5. The first-order valence-electron chi connectivity index (χ1n) is 8.93. The highest BCUT2D eigenvalue weighted by Gasteiger charge is 2.14. The van der Waals surface area contributed by atoms with Gasteiger partial charge in [-0.2, -0.15) is 0 Å². The van der Waals surface area contributed by atoms with Gasteiger partial charge in [-0.15, -0.1) is 0 Å². The first-order valence-corrected chi connectivity index (χ1v) is 8.93. The van der Waals surface area contributed by atoms with E-state index in [1.165, 1.54) is 5.56 Å². The lowest BCUT2D eigenvalue weighted by atomic mass is 10.1. The highest BCUT2D eigenvalue weighted by Crippen LogP contribution is 2.27. The third-order valence-corrected chi connectivity index (χ3v) is 4.59. The first kappa shape index (κ1) is 16.3. The van der Waals surface area contributed by atoms with Crippen LogP contribution in [0.3, 0.4) is 0 Å². The van der Waals surface area contributed by atoms with E-state index in [4.69, 9.17) is 8.83 Å². The van der Waals surface area contributed by atoms with Crippen LogP contribution >= 0.6 is 0 Å². The summed E-state index contributed by atoms with van der Waals surface area (Å²) in [5, 5.41) is 3.74. The van der Waals surface area contributed by atoms with Gasteiger partial charge in [0, 0.05) is 22.7 Å². The van der Waals surface area contributed by atoms with Crippen molar-refractivity contribution in [2.24, 2.45) is 0 Å². The fraction of sp³-hybridized carbons (Fsp3) is 0.0435. The number of carbonyl (C=O) groups excluding carboxylic acids is 1. The molecule has 0 aliphatic carbocycles. The number of amides is 1. The SMILES string of the molecule is Cc1ccc(-c2nc3ccc(NC(=O)c4cc5ccccc5o4)cc3o2)cc1. The number of nitrogens with zero attached hydrogens (tertiary/aromatic N) is 1. The van der Waals surface area contributed by atoms with Crippen molar-refractivity contribution in [3.8, 4) is 11.5 Å². The Morgan fingerprint density at radius 2 is 1.71 bits per heavy atom. The van der Waals surface area contributed by atoms with Crippen LogP contribution in [0, 0.1) is 6.92 Å². The molecule has 3 aromatic carbocycles. The molecule has 1 amide bonds. The summed E-state index contributed by atoms with van der Waals surface area (Å²) in [5.74, 6) is 0.504. The molecule has 5 rings (SSSR count). The highest BCUT2D eigenvalue weighted by atomic mass is 16.4. The van der Waals surface area contributed by atoms with E-state index in [0.29, 0.717) is 22.7 Å². The molecule has 28 heavy (non-hydrogen) atoms. The predicted octanol–water partition coefficient (Wildman–Crippen LogP) is 5.80. The number of anilines is 1. The van der Waals surface area contributed by atoms with Crippen LogP contribution in [0.15, 0.2) is 81.6 Å². The summed E-state index contributed by atoms with van der Waals surface area (Å²) >= 11 is 0. The van der Waals surface area contributed by atoms with Gasteiger partial charge in [0.1, 0.15) is 11.1 Å². The molecule has 0 bridgehead atoms. The number of aromatic nitrogens is 1. The van der Waals surface area contributed by atoms with E-state index < -0.39 is 0 Å². The summed E-state index contributed by atoms with van der Waals surface area (Å²) in [6.07, 6.45) is 0. The second kappa shape index (κ2) is 6.39. The Bertz CT molecular complexity index is 1280. The Kier molecular flexibility index (Phi) is 3.72. The number of hydrogen-bond donors (Lipinski definition) is 1. The van der Waals surface area contributed by atoms with Crippen molar-refractivity contribution >= 4 is 33.7 Å². The lowest BCUT2D eigenvalue weighted by Gasteiger charge is -2.02. The molecule has 0 aliphatic heterocycles. The topological polar surface area (TPSA) is 68.3 Å². The van der Waals surface area contributed by atoms with E-state index >= 15 is 0 Å². The molecular weight excluding hydrogens is 352 g/mol. The van der Waals surface area contributed by atoms with Crippen LogP contribution in [0.25, 0.3) is 33.5 Å². The molecule has 0 radical (unpaired) electrons. The van der Waals surface area contributed by atoms with Crippen molar-refractivity contribution in [2.45, 2.75) is 6.92 Å². The standard InChI is InChI=1S/C23H16N2O3/c1-14-6-8-15(9-7-14)23-25-18-11-10-17(13-20(18)28-23)24-22(26)21-12-16-4-2-3-5-19(16)27-21/h2-13H,1H3,(H,24,26). The van der Waals surface area contributed by atoms with Crippen molar-refractivity contribution in [1.29, 1.82) is 0 Å². The van der Waals surface area contributed by atoms with Crippen molar-refractivity contribution in [3.63, 3.8) is 0 Å². The molecule has 5 aromatic rings. The van der Waals surface area contributed by atoms with E-state index in [9.17, 15) is 4.79 Å². The quantitative estimate of drug-likeness (QED) is 0.437. The third kappa shape index (κ3) is 2.93. The molecule has 0 saturated carbocycles. The fourth-order valence-corrected chi connectivity index (χ4v) is 3.11. The summed E-state index contributed by atoms with van der Waals surface area (Å²) in [6, 6.07) is 22.6.